The Labute approximate surface area is 91.9 Å². The van der Waals surface area contributed by atoms with Crippen molar-refractivity contribution in [3.05, 3.63) is 42.0 Å². The number of nitrogens with zero attached hydrogens (tertiary/aromatic N) is 2. The van der Waals surface area contributed by atoms with Gasteiger partial charge >= 0.3 is 6.01 Å². The number of hydrogen-bond acceptors (Lipinski definition) is 4. The zero-order valence-electron chi connectivity index (χ0n) is 8.64. The van der Waals surface area contributed by atoms with Crippen LogP contribution in [0.3, 0.4) is 0 Å². The summed E-state index contributed by atoms with van der Waals surface area (Å²) in [5.41, 5.74) is 7.23. The second-order valence-corrected chi connectivity index (χ2v) is 3.27. The van der Waals surface area contributed by atoms with Gasteiger partial charge in [-0.15, -0.1) is 0 Å². The van der Waals surface area contributed by atoms with Crippen LogP contribution in [0.1, 0.15) is 5.56 Å². The van der Waals surface area contributed by atoms with E-state index in [0.29, 0.717) is 11.4 Å². The largest absolute Gasteiger partial charge is 0.422 e. The predicted molar refractivity (Wildman–Crippen MR) is 57.7 cm³/mol. The van der Waals surface area contributed by atoms with Gasteiger partial charge in [0.25, 0.3) is 0 Å². The Morgan fingerprint density at radius 2 is 1.94 bits per heavy atom. The molecule has 4 nitrogen and oxygen atoms in total. The van der Waals surface area contributed by atoms with Crippen LogP contribution in [-0.4, -0.2) is 9.97 Å². The van der Waals surface area contributed by atoms with Gasteiger partial charge in [0, 0.05) is 0 Å². The molecule has 1 aromatic heterocycles. The molecule has 82 valence electrons. The van der Waals surface area contributed by atoms with Gasteiger partial charge in [-0.25, -0.2) is 14.4 Å². The fourth-order valence-corrected chi connectivity index (χ4v) is 1.19. The van der Waals surface area contributed by atoms with Gasteiger partial charge in [0.1, 0.15) is 0 Å². The van der Waals surface area contributed by atoms with Crippen LogP contribution >= 0.6 is 0 Å². The van der Waals surface area contributed by atoms with Crippen LogP contribution in [0.4, 0.5) is 10.1 Å². The average molecular weight is 219 g/mol. The van der Waals surface area contributed by atoms with E-state index in [1.54, 1.807) is 6.07 Å². The molecule has 5 heteroatoms. The molecule has 2 N–H and O–H groups in total. The maximum Gasteiger partial charge on any atom is 0.322 e. The summed E-state index contributed by atoms with van der Waals surface area (Å²) in [4.78, 5) is 7.36. The maximum absolute atomic E-state index is 12.6. The quantitative estimate of drug-likeness (QED) is 0.787. The Balaban J connectivity index is 2.27. The summed E-state index contributed by atoms with van der Waals surface area (Å²) in [5.74, 6) is -0.0452. The van der Waals surface area contributed by atoms with Crippen molar-refractivity contribution >= 4 is 5.69 Å². The van der Waals surface area contributed by atoms with Crippen molar-refractivity contribution in [2.45, 2.75) is 6.92 Å². The molecule has 0 amide bonds. The molecule has 0 spiro atoms. The van der Waals surface area contributed by atoms with Gasteiger partial charge in [0.15, 0.2) is 11.6 Å². The summed E-state index contributed by atoms with van der Waals surface area (Å²) in [5, 5.41) is 0. The standard InChI is InChI=1S/C11H10FN3O/c1-7-3-2-4-9(10(7)13)16-11-14-5-8(12)6-15-11/h2-6H,13H2,1H3. The van der Waals surface area contributed by atoms with Crippen molar-refractivity contribution in [3.63, 3.8) is 0 Å². The molecule has 0 aliphatic carbocycles. The number of para-hydroxylation sites is 1. The van der Waals surface area contributed by atoms with E-state index in [4.69, 9.17) is 10.5 Å². The van der Waals surface area contributed by atoms with E-state index in [1.165, 1.54) is 0 Å². The first-order valence-corrected chi connectivity index (χ1v) is 4.67. The van der Waals surface area contributed by atoms with Crippen molar-refractivity contribution in [1.82, 2.24) is 9.97 Å². The fourth-order valence-electron chi connectivity index (χ4n) is 1.19. The van der Waals surface area contributed by atoms with Crippen LogP contribution in [0.25, 0.3) is 0 Å². The molecular formula is C11H10FN3O. The highest BCUT2D eigenvalue weighted by atomic mass is 19.1. The number of aryl methyl sites for hydroxylation is 1. The van der Waals surface area contributed by atoms with Gasteiger partial charge < -0.3 is 10.5 Å². The first-order valence-electron chi connectivity index (χ1n) is 4.67. The summed E-state index contributed by atoms with van der Waals surface area (Å²) < 4.78 is 17.9. The highest BCUT2D eigenvalue weighted by Gasteiger charge is 2.05. The Kier molecular flexibility index (Phi) is 2.68. The lowest BCUT2D eigenvalue weighted by atomic mass is 10.2. The molecule has 1 heterocycles. The summed E-state index contributed by atoms with van der Waals surface area (Å²) in [6, 6.07) is 5.45. The smallest absolute Gasteiger partial charge is 0.322 e. The zero-order valence-corrected chi connectivity index (χ0v) is 8.64. The van der Waals surface area contributed by atoms with Gasteiger partial charge in [0.05, 0.1) is 18.1 Å². The molecule has 16 heavy (non-hydrogen) atoms. The second kappa shape index (κ2) is 4.14. The van der Waals surface area contributed by atoms with Crippen molar-refractivity contribution < 1.29 is 9.13 Å². The van der Waals surface area contributed by atoms with E-state index in [-0.39, 0.29) is 6.01 Å². The highest BCUT2D eigenvalue weighted by molar-refractivity contribution is 5.58. The average Bonchev–Trinajstić information content (AvgIpc) is 2.28. The topological polar surface area (TPSA) is 61.0 Å². The Hall–Kier alpha value is -2.17. The minimum atomic E-state index is -0.510. The monoisotopic (exact) mass is 219 g/mol. The highest BCUT2D eigenvalue weighted by Crippen LogP contribution is 2.27. The predicted octanol–water partition coefficient (Wildman–Crippen LogP) is 2.30. The van der Waals surface area contributed by atoms with Crippen LogP contribution in [0, 0.1) is 12.7 Å². The van der Waals surface area contributed by atoms with Gasteiger partial charge in [-0.1, -0.05) is 12.1 Å². The van der Waals surface area contributed by atoms with E-state index in [2.05, 4.69) is 9.97 Å². The fraction of sp³-hybridized carbons (Fsp3) is 0.0909. The second-order valence-electron chi connectivity index (χ2n) is 3.27. The SMILES string of the molecule is Cc1cccc(Oc2ncc(F)cn2)c1N. The van der Waals surface area contributed by atoms with E-state index in [1.807, 2.05) is 19.1 Å². The summed E-state index contributed by atoms with van der Waals surface area (Å²) in [7, 11) is 0. The van der Waals surface area contributed by atoms with Crippen LogP contribution in [-0.2, 0) is 0 Å². The third-order valence-corrected chi connectivity index (χ3v) is 2.08. The molecule has 0 saturated heterocycles. The number of ether oxygens (including phenoxy) is 1. The lowest BCUT2D eigenvalue weighted by Gasteiger charge is -2.07. The Bertz CT molecular complexity index is 499. The van der Waals surface area contributed by atoms with E-state index in [0.717, 1.165) is 18.0 Å². The number of rotatable bonds is 2. The molecule has 0 saturated carbocycles. The number of halogens is 1. The first-order chi connectivity index (χ1) is 7.66. The van der Waals surface area contributed by atoms with Crippen molar-refractivity contribution in [2.75, 3.05) is 5.73 Å². The summed E-state index contributed by atoms with van der Waals surface area (Å²) in [6.07, 6.45) is 2.07. The van der Waals surface area contributed by atoms with E-state index < -0.39 is 5.82 Å². The van der Waals surface area contributed by atoms with Crippen LogP contribution < -0.4 is 10.5 Å². The third-order valence-electron chi connectivity index (χ3n) is 2.08. The molecular weight excluding hydrogens is 209 g/mol. The van der Waals surface area contributed by atoms with Crippen LogP contribution in [0.5, 0.6) is 11.8 Å². The molecule has 0 unspecified atom stereocenters. The maximum atomic E-state index is 12.6. The summed E-state index contributed by atoms with van der Waals surface area (Å²) >= 11 is 0. The number of aromatic nitrogens is 2. The lowest BCUT2D eigenvalue weighted by molar-refractivity contribution is 0.438. The summed E-state index contributed by atoms with van der Waals surface area (Å²) in [6.45, 7) is 1.87. The van der Waals surface area contributed by atoms with E-state index in [9.17, 15) is 4.39 Å². The Morgan fingerprint density at radius 3 is 2.62 bits per heavy atom. The van der Waals surface area contributed by atoms with Crippen LogP contribution in [0.15, 0.2) is 30.6 Å². The third kappa shape index (κ3) is 2.08. The number of nitrogen functional groups attached to an aromatic ring is 1. The number of hydrogen-bond donors (Lipinski definition) is 1. The van der Waals surface area contributed by atoms with Crippen molar-refractivity contribution in [2.24, 2.45) is 0 Å². The van der Waals surface area contributed by atoms with E-state index >= 15 is 0 Å². The molecule has 0 radical (unpaired) electrons. The van der Waals surface area contributed by atoms with Gasteiger partial charge in [0.2, 0.25) is 0 Å². The molecule has 2 aromatic rings. The molecule has 0 atom stereocenters. The van der Waals surface area contributed by atoms with Crippen molar-refractivity contribution in [1.29, 1.82) is 0 Å². The molecule has 0 bridgehead atoms. The number of benzene rings is 1. The molecule has 0 aliphatic heterocycles. The molecule has 2 rings (SSSR count). The lowest BCUT2D eigenvalue weighted by Crippen LogP contribution is -1.97. The minimum Gasteiger partial charge on any atom is -0.422 e. The van der Waals surface area contributed by atoms with Gasteiger partial charge in [-0.05, 0) is 18.6 Å². The normalized spacial score (nSPS) is 10.1. The molecule has 0 fully saturated rings. The molecule has 0 aliphatic rings. The zero-order chi connectivity index (χ0) is 11.5. The van der Waals surface area contributed by atoms with Crippen LogP contribution in [0.2, 0.25) is 0 Å². The first kappa shape index (κ1) is 10.4. The molecule has 1 aromatic carbocycles. The van der Waals surface area contributed by atoms with Gasteiger partial charge in [-0.3, -0.25) is 0 Å². The number of anilines is 1. The minimum absolute atomic E-state index is 0.0682. The Morgan fingerprint density at radius 1 is 1.25 bits per heavy atom. The van der Waals surface area contributed by atoms with Crippen molar-refractivity contribution in [3.8, 4) is 11.8 Å². The number of nitrogens with two attached hydrogens (primary N) is 1. The van der Waals surface area contributed by atoms with Gasteiger partial charge in [-0.2, -0.15) is 0 Å².